The number of allylic oxidation sites excluding steroid dienone is 1. The van der Waals surface area contributed by atoms with Gasteiger partial charge >= 0.3 is 0 Å². The maximum Gasteiger partial charge on any atom is 0.254 e. The molecule has 1 aliphatic heterocycles. The molecule has 0 atom stereocenters. The van der Waals surface area contributed by atoms with Crippen molar-refractivity contribution < 1.29 is 8.42 Å². The summed E-state index contributed by atoms with van der Waals surface area (Å²) >= 11 is 0. The fourth-order valence-corrected chi connectivity index (χ4v) is 4.94. The minimum atomic E-state index is -3.88. The van der Waals surface area contributed by atoms with Gasteiger partial charge in [-0.15, -0.1) is 0 Å². The summed E-state index contributed by atoms with van der Waals surface area (Å²) in [5.74, 6) is 0.761. The molecule has 3 heterocycles. The van der Waals surface area contributed by atoms with Crippen LogP contribution in [0.25, 0.3) is 17.2 Å². The van der Waals surface area contributed by atoms with Gasteiger partial charge in [0.15, 0.2) is 0 Å². The largest absolute Gasteiger partial charge is 0.356 e. The SMILES string of the molecule is Cn1cc(-c2cc(S(N)(=O)=O)cnc2N2CCC3(CC3)C2)c2c(c1=O)CC=C2. The fraction of sp³-hybridized carbons (Fsp3) is 0.400. The van der Waals surface area contributed by atoms with Gasteiger partial charge in [0.1, 0.15) is 10.7 Å². The smallest absolute Gasteiger partial charge is 0.254 e. The van der Waals surface area contributed by atoms with Crippen LogP contribution in [0.2, 0.25) is 0 Å². The highest BCUT2D eigenvalue weighted by molar-refractivity contribution is 7.89. The number of pyridine rings is 2. The van der Waals surface area contributed by atoms with Gasteiger partial charge in [0.05, 0.1) is 0 Å². The van der Waals surface area contributed by atoms with Crippen LogP contribution in [0.3, 0.4) is 0 Å². The number of nitrogens with two attached hydrogens (primary N) is 1. The summed E-state index contributed by atoms with van der Waals surface area (Å²) in [4.78, 5) is 19.2. The zero-order valence-electron chi connectivity index (χ0n) is 15.7. The number of rotatable bonds is 3. The highest BCUT2D eigenvalue weighted by atomic mass is 32.2. The molecule has 2 aliphatic carbocycles. The lowest BCUT2D eigenvalue weighted by Gasteiger charge is -2.22. The van der Waals surface area contributed by atoms with E-state index in [0.717, 1.165) is 42.0 Å². The average molecular weight is 398 g/mol. The predicted octanol–water partition coefficient (Wildman–Crippen LogP) is 1.65. The maximum atomic E-state index is 12.5. The summed E-state index contributed by atoms with van der Waals surface area (Å²) in [6.07, 6.45) is 11.2. The number of sulfonamides is 1. The number of hydrogen-bond donors (Lipinski definition) is 1. The number of nitrogens with zero attached hydrogens (tertiary/aromatic N) is 3. The van der Waals surface area contributed by atoms with E-state index in [9.17, 15) is 13.2 Å². The maximum absolute atomic E-state index is 12.5. The van der Waals surface area contributed by atoms with Gasteiger partial charge in [0.25, 0.3) is 5.56 Å². The molecule has 0 unspecified atom stereocenters. The summed E-state index contributed by atoms with van der Waals surface area (Å²) in [6.45, 7) is 1.84. The van der Waals surface area contributed by atoms with Crippen molar-refractivity contribution in [3.63, 3.8) is 0 Å². The zero-order valence-corrected chi connectivity index (χ0v) is 16.5. The molecule has 7 nitrogen and oxygen atoms in total. The number of aryl methyl sites for hydroxylation is 1. The monoisotopic (exact) mass is 398 g/mol. The minimum Gasteiger partial charge on any atom is -0.356 e. The summed E-state index contributed by atoms with van der Waals surface area (Å²) in [7, 11) is -2.17. The second kappa shape index (κ2) is 5.78. The molecule has 2 N–H and O–H groups in total. The summed E-state index contributed by atoms with van der Waals surface area (Å²) in [5, 5.41) is 5.38. The van der Waals surface area contributed by atoms with Crippen molar-refractivity contribution in [2.24, 2.45) is 17.6 Å². The van der Waals surface area contributed by atoms with Crippen molar-refractivity contribution in [1.82, 2.24) is 9.55 Å². The topological polar surface area (TPSA) is 98.3 Å². The van der Waals surface area contributed by atoms with E-state index in [-0.39, 0.29) is 10.5 Å². The fourth-order valence-electron chi connectivity index (χ4n) is 4.45. The van der Waals surface area contributed by atoms with Gasteiger partial charge in [-0.3, -0.25) is 4.79 Å². The first kappa shape index (κ1) is 17.6. The van der Waals surface area contributed by atoms with Gasteiger partial charge in [-0.25, -0.2) is 18.5 Å². The van der Waals surface area contributed by atoms with Crippen LogP contribution >= 0.6 is 0 Å². The van der Waals surface area contributed by atoms with E-state index in [0.29, 0.717) is 17.4 Å². The van der Waals surface area contributed by atoms with E-state index in [1.165, 1.54) is 19.0 Å². The molecule has 0 radical (unpaired) electrons. The van der Waals surface area contributed by atoms with Gasteiger partial charge in [0.2, 0.25) is 10.0 Å². The highest BCUT2D eigenvalue weighted by Gasteiger charge is 2.48. The standard InChI is InChI=1S/C20H22N4O3S/c1-23-11-17(14-3-2-4-15(14)19(23)25)16-9-13(28(21,26)27)10-22-18(16)24-8-7-20(12-24)5-6-20/h2-3,9-11H,4-8,12H2,1H3,(H2,21,26,27). The van der Waals surface area contributed by atoms with Gasteiger partial charge in [-0.2, -0.15) is 0 Å². The zero-order chi connectivity index (χ0) is 19.7. The van der Waals surface area contributed by atoms with E-state index < -0.39 is 10.0 Å². The third-order valence-corrected chi connectivity index (χ3v) is 7.16. The third kappa shape index (κ3) is 2.70. The Labute approximate surface area is 163 Å². The van der Waals surface area contributed by atoms with E-state index in [1.807, 2.05) is 12.2 Å². The second-order valence-electron chi connectivity index (χ2n) is 8.22. The van der Waals surface area contributed by atoms with E-state index in [1.54, 1.807) is 23.9 Å². The van der Waals surface area contributed by atoms with Crippen molar-refractivity contribution in [2.45, 2.75) is 30.6 Å². The van der Waals surface area contributed by atoms with Crippen LogP contribution < -0.4 is 15.6 Å². The molecule has 3 aliphatic rings. The Bertz CT molecular complexity index is 1190. The minimum absolute atomic E-state index is 0.0174. The molecule has 0 bridgehead atoms. The van der Waals surface area contributed by atoms with Crippen molar-refractivity contribution in [3.05, 3.63) is 46.0 Å². The van der Waals surface area contributed by atoms with Crippen molar-refractivity contribution >= 4 is 21.9 Å². The number of anilines is 1. The number of aromatic nitrogens is 2. The van der Waals surface area contributed by atoms with Crippen molar-refractivity contribution in [2.75, 3.05) is 18.0 Å². The van der Waals surface area contributed by atoms with Gasteiger partial charge < -0.3 is 9.47 Å². The number of primary sulfonamides is 1. The summed E-state index contributed by atoms with van der Waals surface area (Å²) in [5.41, 5.74) is 3.48. The molecular weight excluding hydrogens is 376 g/mol. The molecule has 28 heavy (non-hydrogen) atoms. The first-order valence-electron chi connectivity index (χ1n) is 9.45. The second-order valence-corrected chi connectivity index (χ2v) is 9.78. The third-order valence-electron chi connectivity index (χ3n) is 6.28. The Balaban J connectivity index is 1.74. The van der Waals surface area contributed by atoms with Crippen LogP contribution in [0.15, 0.2) is 34.2 Å². The molecule has 146 valence electrons. The molecule has 2 fully saturated rings. The molecule has 1 saturated heterocycles. The summed E-state index contributed by atoms with van der Waals surface area (Å²) in [6, 6.07) is 1.60. The molecule has 2 aromatic rings. The Hall–Kier alpha value is -2.45. The van der Waals surface area contributed by atoms with Crippen LogP contribution in [0.5, 0.6) is 0 Å². The molecule has 1 spiro atoms. The quantitative estimate of drug-likeness (QED) is 0.848. The molecule has 5 rings (SSSR count). The van der Waals surface area contributed by atoms with E-state index >= 15 is 0 Å². The van der Waals surface area contributed by atoms with Crippen LogP contribution in [-0.4, -0.2) is 31.1 Å². The van der Waals surface area contributed by atoms with Crippen molar-refractivity contribution in [1.29, 1.82) is 0 Å². The first-order chi connectivity index (χ1) is 13.3. The van der Waals surface area contributed by atoms with Crippen LogP contribution in [0.1, 0.15) is 30.4 Å². The normalized spacial score (nSPS) is 19.4. The van der Waals surface area contributed by atoms with Crippen molar-refractivity contribution in [3.8, 4) is 11.1 Å². The Morgan fingerprint density at radius 3 is 2.68 bits per heavy atom. The molecule has 0 aromatic carbocycles. The van der Waals surface area contributed by atoms with Crippen LogP contribution in [0, 0.1) is 5.41 Å². The average Bonchev–Trinajstić information content (AvgIpc) is 3.05. The number of hydrogen-bond acceptors (Lipinski definition) is 5. The summed E-state index contributed by atoms with van der Waals surface area (Å²) < 4.78 is 25.5. The van der Waals surface area contributed by atoms with Gasteiger partial charge in [0, 0.05) is 49.2 Å². The molecule has 0 amide bonds. The van der Waals surface area contributed by atoms with E-state index in [4.69, 9.17) is 5.14 Å². The predicted molar refractivity (Wildman–Crippen MR) is 108 cm³/mol. The molecular formula is C20H22N4O3S. The Morgan fingerprint density at radius 2 is 2.00 bits per heavy atom. The lowest BCUT2D eigenvalue weighted by atomic mass is 9.99. The van der Waals surface area contributed by atoms with Gasteiger partial charge in [-0.1, -0.05) is 12.2 Å². The van der Waals surface area contributed by atoms with E-state index in [2.05, 4.69) is 9.88 Å². The Kier molecular flexibility index (Phi) is 3.64. The lowest BCUT2D eigenvalue weighted by molar-refractivity contribution is 0.580. The van der Waals surface area contributed by atoms with Crippen LogP contribution in [0.4, 0.5) is 5.82 Å². The highest BCUT2D eigenvalue weighted by Crippen LogP contribution is 2.54. The van der Waals surface area contributed by atoms with Crippen LogP contribution in [-0.2, 0) is 23.5 Å². The van der Waals surface area contributed by atoms with Gasteiger partial charge in [-0.05, 0) is 42.7 Å². The molecule has 1 saturated carbocycles. The molecule has 8 heteroatoms. The number of fused-ring (bicyclic) bond motifs is 1. The first-order valence-corrected chi connectivity index (χ1v) is 11.0. The molecule has 2 aromatic heterocycles. The lowest BCUT2D eigenvalue weighted by Crippen LogP contribution is -2.24. The Morgan fingerprint density at radius 1 is 1.21 bits per heavy atom.